The number of imidazole rings is 1. The van der Waals surface area contributed by atoms with E-state index in [1.165, 1.54) is 11.0 Å². The molecule has 0 spiro atoms. The average molecular weight is 441 g/mol. The van der Waals surface area contributed by atoms with E-state index in [0.717, 1.165) is 17.7 Å². The van der Waals surface area contributed by atoms with Crippen LogP contribution in [0.15, 0.2) is 24.8 Å². The third kappa shape index (κ3) is 2.88. The van der Waals surface area contributed by atoms with Gasteiger partial charge in [-0.25, -0.2) is 28.1 Å². The predicted molar refractivity (Wildman–Crippen MR) is 108 cm³/mol. The van der Waals surface area contributed by atoms with Crippen LogP contribution in [0, 0.1) is 17.5 Å². The highest BCUT2D eigenvalue weighted by atomic mass is 19.2. The van der Waals surface area contributed by atoms with Crippen LogP contribution in [0.25, 0.3) is 22.4 Å². The summed E-state index contributed by atoms with van der Waals surface area (Å²) in [5, 5.41) is 4.51. The second-order valence-electron chi connectivity index (χ2n) is 7.76. The van der Waals surface area contributed by atoms with Crippen molar-refractivity contribution in [3.63, 3.8) is 0 Å². The van der Waals surface area contributed by atoms with Gasteiger partial charge in [-0.05, 0) is 25.5 Å². The largest absolute Gasteiger partial charge is 0.328 e. The van der Waals surface area contributed by atoms with Crippen LogP contribution in [0.5, 0.6) is 0 Å². The normalized spacial score (nSPS) is 15.9. The van der Waals surface area contributed by atoms with Gasteiger partial charge in [0.2, 0.25) is 0 Å². The number of hydrogen-bond acceptors (Lipinski definition) is 5. The van der Waals surface area contributed by atoms with Gasteiger partial charge in [-0.15, -0.1) is 0 Å². The number of nitrogens with zero attached hydrogens (tertiary/aromatic N) is 7. The lowest BCUT2D eigenvalue weighted by Gasteiger charge is -2.32. The van der Waals surface area contributed by atoms with Gasteiger partial charge in [0.25, 0.3) is 5.91 Å². The van der Waals surface area contributed by atoms with Crippen LogP contribution in [-0.4, -0.2) is 46.7 Å². The molecule has 164 valence electrons. The Kier molecular flexibility index (Phi) is 4.50. The van der Waals surface area contributed by atoms with Crippen molar-refractivity contribution in [1.29, 1.82) is 0 Å². The van der Waals surface area contributed by atoms with E-state index in [1.54, 1.807) is 29.9 Å². The van der Waals surface area contributed by atoms with E-state index < -0.39 is 23.5 Å². The fourth-order valence-corrected chi connectivity index (χ4v) is 4.31. The molecule has 3 aromatic heterocycles. The van der Waals surface area contributed by atoms with E-state index in [9.17, 15) is 18.0 Å². The Balaban J connectivity index is 1.54. The van der Waals surface area contributed by atoms with Crippen LogP contribution in [-0.2, 0) is 20.5 Å². The molecule has 0 radical (unpaired) electrons. The van der Waals surface area contributed by atoms with E-state index in [1.807, 2.05) is 6.92 Å². The van der Waals surface area contributed by atoms with Gasteiger partial charge in [0.05, 0.1) is 23.8 Å². The lowest BCUT2D eigenvalue weighted by Crippen LogP contribution is -2.39. The molecule has 5 rings (SSSR count). The lowest BCUT2D eigenvalue weighted by atomic mass is 9.95. The Hall–Kier alpha value is -3.76. The van der Waals surface area contributed by atoms with E-state index >= 15 is 0 Å². The number of carbonyl (C=O) groups excluding carboxylic acids is 1. The van der Waals surface area contributed by atoms with Crippen molar-refractivity contribution in [2.75, 3.05) is 6.54 Å². The summed E-state index contributed by atoms with van der Waals surface area (Å²) in [6.07, 6.45) is 3.30. The Labute approximate surface area is 180 Å². The fraction of sp³-hybridized carbons (Fsp3) is 0.286. The lowest BCUT2D eigenvalue weighted by molar-refractivity contribution is 0.0669. The Morgan fingerprint density at radius 1 is 1.09 bits per heavy atom. The first-order valence-corrected chi connectivity index (χ1v) is 9.91. The molecule has 4 heterocycles. The molecule has 0 saturated carbocycles. The van der Waals surface area contributed by atoms with Crippen LogP contribution in [0.4, 0.5) is 13.2 Å². The van der Waals surface area contributed by atoms with Crippen molar-refractivity contribution in [2.45, 2.75) is 19.4 Å². The molecule has 1 atom stereocenters. The van der Waals surface area contributed by atoms with E-state index in [-0.39, 0.29) is 17.2 Å². The number of halogens is 3. The number of amides is 1. The number of carbonyl (C=O) groups is 1. The van der Waals surface area contributed by atoms with Crippen molar-refractivity contribution >= 4 is 17.1 Å². The zero-order valence-corrected chi connectivity index (χ0v) is 17.5. The summed E-state index contributed by atoms with van der Waals surface area (Å²) >= 11 is 0. The van der Waals surface area contributed by atoms with Gasteiger partial charge in [-0.3, -0.25) is 9.48 Å². The third-order valence-corrected chi connectivity index (χ3v) is 5.86. The third-order valence-electron chi connectivity index (χ3n) is 5.86. The number of aromatic nitrogens is 6. The molecule has 0 unspecified atom stereocenters. The Bertz CT molecular complexity index is 1370. The second kappa shape index (κ2) is 7.14. The quantitative estimate of drug-likeness (QED) is 0.447. The van der Waals surface area contributed by atoms with Gasteiger partial charge in [-0.2, -0.15) is 5.10 Å². The molecule has 32 heavy (non-hydrogen) atoms. The SMILES string of the molecule is C[C@H]1c2nn(C)c(-c3cc(F)c(F)c(F)c3)c2CCN1C(=O)c1ncnc2c1ncn2C. The molecule has 4 aromatic rings. The molecule has 0 saturated heterocycles. The molecular weight excluding hydrogens is 423 g/mol. The van der Waals surface area contributed by atoms with Crippen molar-refractivity contribution in [1.82, 2.24) is 34.2 Å². The number of hydrogen-bond donors (Lipinski definition) is 0. The minimum absolute atomic E-state index is 0.190. The Morgan fingerprint density at radius 3 is 2.53 bits per heavy atom. The molecule has 0 aliphatic carbocycles. The van der Waals surface area contributed by atoms with Crippen molar-refractivity contribution < 1.29 is 18.0 Å². The minimum Gasteiger partial charge on any atom is -0.328 e. The maximum atomic E-state index is 13.8. The predicted octanol–water partition coefficient (Wildman–Crippen LogP) is 2.94. The van der Waals surface area contributed by atoms with Crippen LogP contribution in [0.1, 0.15) is 34.7 Å². The van der Waals surface area contributed by atoms with Crippen molar-refractivity contribution in [3.05, 3.63) is 59.2 Å². The van der Waals surface area contributed by atoms with E-state index in [0.29, 0.717) is 35.5 Å². The standard InChI is InChI=1S/C21H18F3N7O/c1-10-16-12(19(30(3)28-16)11-6-13(22)15(24)14(23)7-11)4-5-31(10)21(32)18-17-20(26-8-25-18)29(2)9-27-17/h6-10H,4-5H2,1-3H3/t10-/m0/s1. The zero-order chi connectivity index (χ0) is 22.7. The topological polar surface area (TPSA) is 81.7 Å². The monoisotopic (exact) mass is 441 g/mol. The van der Waals surface area contributed by atoms with Crippen molar-refractivity contribution in [2.24, 2.45) is 14.1 Å². The summed E-state index contributed by atoms with van der Waals surface area (Å²) in [7, 11) is 3.43. The van der Waals surface area contributed by atoms with Crippen LogP contribution >= 0.6 is 0 Å². The molecule has 1 aliphatic heterocycles. The first-order valence-electron chi connectivity index (χ1n) is 9.91. The number of rotatable bonds is 2. The van der Waals surface area contributed by atoms with Crippen LogP contribution in [0.3, 0.4) is 0 Å². The number of fused-ring (bicyclic) bond motifs is 2. The van der Waals surface area contributed by atoms with Gasteiger partial charge in [0.15, 0.2) is 28.8 Å². The summed E-state index contributed by atoms with van der Waals surface area (Å²) < 4.78 is 44.3. The molecular formula is C21H18F3N7O. The van der Waals surface area contributed by atoms with E-state index in [4.69, 9.17) is 0 Å². The molecule has 1 aromatic carbocycles. The summed E-state index contributed by atoms with van der Waals surface area (Å²) in [4.78, 5) is 27.6. The summed E-state index contributed by atoms with van der Waals surface area (Å²) in [5.74, 6) is -4.35. The first kappa shape index (κ1) is 20.2. The van der Waals surface area contributed by atoms with Gasteiger partial charge < -0.3 is 9.47 Å². The summed E-state index contributed by atoms with van der Waals surface area (Å²) in [5.41, 5.74) is 3.22. The smallest absolute Gasteiger partial charge is 0.275 e. The first-order chi connectivity index (χ1) is 15.3. The number of benzene rings is 1. The van der Waals surface area contributed by atoms with Gasteiger partial charge in [0.1, 0.15) is 11.8 Å². The molecule has 1 aliphatic rings. The molecule has 0 bridgehead atoms. The molecule has 0 N–H and O–H groups in total. The molecule has 8 nitrogen and oxygen atoms in total. The fourth-order valence-electron chi connectivity index (χ4n) is 4.31. The summed E-state index contributed by atoms with van der Waals surface area (Å²) in [6.45, 7) is 2.17. The van der Waals surface area contributed by atoms with Crippen LogP contribution in [0.2, 0.25) is 0 Å². The maximum Gasteiger partial charge on any atom is 0.275 e. The van der Waals surface area contributed by atoms with Gasteiger partial charge in [0, 0.05) is 31.8 Å². The average Bonchev–Trinajstić information content (AvgIpc) is 3.31. The zero-order valence-electron chi connectivity index (χ0n) is 17.5. The molecule has 0 fully saturated rings. The molecule has 11 heteroatoms. The van der Waals surface area contributed by atoms with Crippen LogP contribution < -0.4 is 0 Å². The summed E-state index contributed by atoms with van der Waals surface area (Å²) in [6, 6.07) is 1.49. The molecule has 1 amide bonds. The van der Waals surface area contributed by atoms with E-state index in [2.05, 4.69) is 20.1 Å². The second-order valence-corrected chi connectivity index (χ2v) is 7.76. The maximum absolute atomic E-state index is 13.8. The highest BCUT2D eigenvalue weighted by Gasteiger charge is 2.35. The highest BCUT2D eigenvalue weighted by Crippen LogP contribution is 2.37. The number of aryl methyl sites for hydroxylation is 2. The van der Waals surface area contributed by atoms with Gasteiger partial charge >= 0.3 is 0 Å². The van der Waals surface area contributed by atoms with Crippen molar-refractivity contribution in [3.8, 4) is 11.3 Å². The highest BCUT2D eigenvalue weighted by molar-refractivity contribution is 6.02. The van der Waals surface area contributed by atoms with Gasteiger partial charge in [-0.1, -0.05) is 0 Å². The minimum atomic E-state index is -1.51. The Morgan fingerprint density at radius 2 is 1.81 bits per heavy atom.